The number of aryl methyl sites for hydroxylation is 1. The summed E-state index contributed by atoms with van der Waals surface area (Å²) in [4.78, 5) is 12.6. The summed E-state index contributed by atoms with van der Waals surface area (Å²) in [5, 5.41) is 2.91. The lowest BCUT2D eigenvalue weighted by Crippen LogP contribution is -2.32. The van der Waals surface area contributed by atoms with Gasteiger partial charge in [-0.25, -0.2) is 0 Å². The van der Waals surface area contributed by atoms with Gasteiger partial charge in [0, 0.05) is 0 Å². The van der Waals surface area contributed by atoms with Crippen LogP contribution < -0.4 is 14.8 Å². The van der Waals surface area contributed by atoms with Gasteiger partial charge >= 0.3 is 0 Å². The predicted octanol–water partition coefficient (Wildman–Crippen LogP) is 4.58. The van der Waals surface area contributed by atoms with E-state index in [1.807, 2.05) is 76.2 Å². The van der Waals surface area contributed by atoms with E-state index >= 15 is 0 Å². The van der Waals surface area contributed by atoms with Gasteiger partial charge in [-0.3, -0.25) is 4.79 Å². The molecule has 1 unspecified atom stereocenters. The summed E-state index contributed by atoms with van der Waals surface area (Å²) in [7, 11) is 0. The van der Waals surface area contributed by atoms with Crippen molar-refractivity contribution in [3.63, 3.8) is 0 Å². The minimum atomic E-state index is -0.557. The van der Waals surface area contributed by atoms with Crippen molar-refractivity contribution >= 4 is 11.6 Å². The van der Waals surface area contributed by atoms with Gasteiger partial charge in [0.2, 0.25) is 0 Å². The molecular formula is C20H25NO3. The quantitative estimate of drug-likeness (QED) is 0.810. The molecule has 0 heterocycles. The Balaban J connectivity index is 2.09. The second kappa shape index (κ2) is 8.39. The largest absolute Gasteiger partial charge is 0.489 e. The summed E-state index contributed by atoms with van der Waals surface area (Å²) in [6, 6.07) is 15.1. The molecule has 0 aliphatic heterocycles. The number of rotatable bonds is 7. The van der Waals surface area contributed by atoms with Crippen molar-refractivity contribution in [3.05, 3.63) is 54.1 Å². The number of anilines is 1. The van der Waals surface area contributed by atoms with Gasteiger partial charge in [0.15, 0.2) is 6.10 Å². The topological polar surface area (TPSA) is 47.6 Å². The molecule has 0 aromatic heterocycles. The Kier molecular flexibility index (Phi) is 6.24. The van der Waals surface area contributed by atoms with Crippen LogP contribution in [0.4, 0.5) is 5.69 Å². The van der Waals surface area contributed by atoms with Crippen molar-refractivity contribution in [2.45, 2.75) is 46.3 Å². The summed E-state index contributed by atoms with van der Waals surface area (Å²) >= 11 is 0. The van der Waals surface area contributed by atoms with Gasteiger partial charge in [0.1, 0.15) is 11.5 Å². The summed E-state index contributed by atoms with van der Waals surface area (Å²) in [6.07, 6.45) is 0.0555. The van der Waals surface area contributed by atoms with Crippen LogP contribution in [0.25, 0.3) is 0 Å². The van der Waals surface area contributed by atoms with Crippen LogP contribution in [0.1, 0.15) is 32.8 Å². The molecule has 0 aliphatic carbocycles. The first-order chi connectivity index (χ1) is 11.5. The molecule has 0 radical (unpaired) electrons. The van der Waals surface area contributed by atoms with E-state index in [9.17, 15) is 4.79 Å². The van der Waals surface area contributed by atoms with Crippen LogP contribution in [0.5, 0.6) is 11.5 Å². The minimum absolute atomic E-state index is 0.0357. The van der Waals surface area contributed by atoms with Gasteiger partial charge < -0.3 is 14.8 Å². The average Bonchev–Trinajstić information content (AvgIpc) is 2.54. The lowest BCUT2D eigenvalue weighted by Gasteiger charge is -2.19. The van der Waals surface area contributed by atoms with Gasteiger partial charge in [0.25, 0.3) is 5.91 Å². The average molecular weight is 327 g/mol. The first-order valence-corrected chi connectivity index (χ1v) is 8.29. The number of nitrogens with one attached hydrogen (secondary N) is 1. The molecule has 4 heteroatoms. The molecule has 24 heavy (non-hydrogen) atoms. The maximum Gasteiger partial charge on any atom is 0.265 e. The van der Waals surface area contributed by atoms with E-state index in [0.29, 0.717) is 23.6 Å². The second-order valence-corrected chi connectivity index (χ2v) is 5.98. The summed E-state index contributed by atoms with van der Waals surface area (Å²) in [5.41, 5.74) is 1.75. The van der Waals surface area contributed by atoms with Gasteiger partial charge in [-0.1, -0.05) is 31.2 Å². The number of hydrogen-bond donors (Lipinski definition) is 1. The van der Waals surface area contributed by atoms with Crippen LogP contribution in [0.2, 0.25) is 0 Å². The number of ether oxygens (including phenoxy) is 2. The summed E-state index contributed by atoms with van der Waals surface area (Å²) in [5.74, 6) is 1.17. The Bertz CT molecular complexity index is 682. The third-order valence-corrected chi connectivity index (χ3v) is 3.44. The van der Waals surface area contributed by atoms with Crippen molar-refractivity contribution in [3.8, 4) is 11.5 Å². The minimum Gasteiger partial charge on any atom is -0.489 e. The van der Waals surface area contributed by atoms with E-state index in [0.717, 1.165) is 5.56 Å². The van der Waals surface area contributed by atoms with E-state index in [-0.39, 0.29) is 12.0 Å². The molecule has 1 atom stereocenters. The lowest BCUT2D eigenvalue weighted by molar-refractivity contribution is -0.122. The Labute approximate surface area is 143 Å². The normalized spacial score (nSPS) is 11.9. The van der Waals surface area contributed by atoms with Crippen molar-refractivity contribution in [2.24, 2.45) is 0 Å². The van der Waals surface area contributed by atoms with Gasteiger partial charge in [-0.2, -0.15) is 0 Å². The number of carbonyl (C=O) groups excluding carboxylic acids is 1. The van der Waals surface area contributed by atoms with E-state index in [4.69, 9.17) is 9.47 Å². The number of carbonyl (C=O) groups is 1. The highest BCUT2D eigenvalue weighted by molar-refractivity contribution is 5.95. The molecule has 2 aromatic carbocycles. The van der Waals surface area contributed by atoms with Gasteiger partial charge in [0.05, 0.1) is 11.8 Å². The molecule has 1 amide bonds. The Morgan fingerprint density at radius 1 is 1.08 bits per heavy atom. The van der Waals surface area contributed by atoms with E-state index in [2.05, 4.69) is 5.32 Å². The highest BCUT2D eigenvalue weighted by atomic mass is 16.5. The zero-order chi connectivity index (χ0) is 17.5. The van der Waals surface area contributed by atoms with E-state index in [1.54, 1.807) is 0 Å². The molecule has 0 bridgehead atoms. The third kappa shape index (κ3) is 5.01. The predicted molar refractivity (Wildman–Crippen MR) is 96.7 cm³/mol. The van der Waals surface area contributed by atoms with Crippen molar-refractivity contribution < 1.29 is 14.3 Å². The molecule has 4 nitrogen and oxygen atoms in total. The molecule has 0 aliphatic rings. The third-order valence-electron chi connectivity index (χ3n) is 3.44. The van der Waals surface area contributed by atoms with Crippen LogP contribution in [0.15, 0.2) is 48.5 Å². The monoisotopic (exact) mass is 327 g/mol. The summed E-state index contributed by atoms with van der Waals surface area (Å²) < 4.78 is 11.6. The fourth-order valence-corrected chi connectivity index (χ4v) is 2.32. The molecule has 2 rings (SSSR count). The van der Waals surface area contributed by atoms with Crippen LogP contribution in [0.3, 0.4) is 0 Å². The zero-order valence-corrected chi connectivity index (χ0v) is 14.7. The second-order valence-electron chi connectivity index (χ2n) is 5.98. The molecule has 1 N–H and O–H groups in total. The van der Waals surface area contributed by atoms with Crippen molar-refractivity contribution in [2.75, 3.05) is 5.32 Å². The first kappa shape index (κ1) is 17.9. The number of amides is 1. The fraction of sp³-hybridized carbons (Fsp3) is 0.350. The maximum absolute atomic E-state index is 12.6. The Hall–Kier alpha value is -2.49. The Morgan fingerprint density at radius 3 is 2.50 bits per heavy atom. The molecular weight excluding hydrogens is 302 g/mol. The smallest absolute Gasteiger partial charge is 0.265 e. The Morgan fingerprint density at radius 2 is 1.83 bits per heavy atom. The molecule has 0 spiro atoms. The number of hydrogen-bond acceptors (Lipinski definition) is 3. The van der Waals surface area contributed by atoms with Gasteiger partial charge in [-0.05, 0) is 57.0 Å². The SMILES string of the molecule is CCC(Oc1cccc(C)c1)C(=O)Nc1ccccc1OC(C)C. The molecule has 0 fully saturated rings. The molecule has 0 saturated carbocycles. The van der Waals surface area contributed by atoms with Crippen LogP contribution in [-0.2, 0) is 4.79 Å². The number of para-hydroxylation sites is 2. The first-order valence-electron chi connectivity index (χ1n) is 8.29. The lowest BCUT2D eigenvalue weighted by atomic mass is 10.2. The van der Waals surface area contributed by atoms with Crippen molar-refractivity contribution in [1.82, 2.24) is 0 Å². The molecule has 128 valence electrons. The van der Waals surface area contributed by atoms with Gasteiger partial charge in [-0.15, -0.1) is 0 Å². The summed E-state index contributed by atoms with van der Waals surface area (Å²) in [6.45, 7) is 7.83. The van der Waals surface area contributed by atoms with Crippen LogP contribution in [-0.4, -0.2) is 18.1 Å². The number of benzene rings is 2. The highest BCUT2D eigenvalue weighted by Gasteiger charge is 2.20. The highest BCUT2D eigenvalue weighted by Crippen LogP contribution is 2.25. The van der Waals surface area contributed by atoms with Crippen molar-refractivity contribution in [1.29, 1.82) is 0 Å². The standard InChI is InChI=1S/C20H25NO3/c1-5-18(24-16-10-8-9-15(4)13-16)20(22)21-17-11-6-7-12-19(17)23-14(2)3/h6-14,18H,5H2,1-4H3,(H,21,22). The van der Waals surface area contributed by atoms with Crippen LogP contribution >= 0.6 is 0 Å². The van der Waals surface area contributed by atoms with E-state index < -0.39 is 6.10 Å². The maximum atomic E-state index is 12.6. The van der Waals surface area contributed by atoms with Crippen LogP contribution in [0, 0.1) is 6.92 Å². The zero-order valence-electron chi connectivity index (χ0n) is 14.7. The van der Waals surface area contributed by atoms with E-state index in [1.165, 1.54) is 0 Å². The molecule has 2 aromatic rings. The fourth-order valence-electron chi connectivity index (χ4n) is 2.32. The molecule has 0 saturated heterocycles.